The van der Waals surface area contributed by atoms with E-state index >= 15 is 0 Å². The van der Waals surface area contributed by atoms with E-state index in [1.807, 2.05) is 24.0 Å². The van der Waals surface area contributed by atoms with Crippen molar-refractivity contribution in [3.8, 4) is 0 Å². The molecule has 124 valence electrons. The molecule has 1 atom stereocenters. The Kier molecular flexibility index (Phi) is 6.10. The van der Waals surface area contributed by atoms with E-state index in [-0.39, 0.29) is 17.8 Å². The van der Waals surface area contributed by atoms with Crippen LogP contribution in [-0.2, 0) is 9.53 Å². The van der Waals surface area contributed by atoms with Crippen molar-refractivity contribution in [2.75, 3.05) is 19.7 Å². The first-order valence-electron chi connectivity index (χ1n) is 7.84. The van der Waals surface area contributed by atoms with Crippen molar-refractivity contribution in [2.24, 2.45) is 5.92 Å². The highest BCUT2D eigenvalue weighted by molar-refractivity contribution is 7.80. The number of benzene rings is 1. The quantitative estimate of drug-likeness (QED) is 0.679. The van der Waals surface area contributed by atoms with E-state index in [9.17, 15) is 9.59 Å². The summed E-state index contributed by atoms with van der Waals surface area (Å²) in [6, 6.07) is 7.31. The molecule has 1 aromatic carbocycles. The molecule has 1 unspecified atom stereocenters. The van der Waals surface area contributed by atoms with E-state index < -0.39 is 0 Å². The summed E-state index contributed by atoms with van der Waals surface area (Å²) in [5, 5.41) is 3.11. The lowest BCUT2D eigenvalue weighted by atomic mass is 9.98. The maximum absolute atomic E-state index is 12.2. The van der Waals surface area contributed by atoms with Gasteiger partial charge in [-0.15, -0.1) is 0 Å². The summed E-state index contributed by atoms with van der Waals surface area (Å²) in [7, 11) is 0. The third-order valence-electron chi connectivity index (χ3n) is 3.86. The van der Waals surface area contributed by atoms with Crippen LogP contribution in [0.2, 0.25) is 0 Å². The van der Waals surface area contributed by atoms with E-state index in [1.54, 1.807) is 19.1 Å². The standard InChI is InChI=1S/C17H22N2O3S/c1-3-22-16(21)14-5-4-10-19(11-14)17(23)18-15(20)13-8-6-12(2)7-9-13/h6-9,14H,3-5,10-11H2,1-2H3,(H,18,20,23). The van der Waals surface area contributed by atoms with Crippen LogP contribution >= 0.6 is 12.2 Å². The molecule has 1 amide bonds. The minimum atomic E-state index is -0.228. The van der Waals surface area contributed by atoms with Crippen molar-refractivity contribution in [3.05, 3.63) is 35.4 Å². The van der Waals surface area contributed by atoms with Crippen molar-refractivity contribution in [2.45, 2.75) is 26.7 Å². The number of rotatable bonds is 3. The van der Waals surface area contributed by atoms with Crippen molar-refractivity contribution in [3.63, 3.8) is 0 Å². The van der Waals surface area contributed by atoms with Gasteiger partial charge in [-0.05, 0) is 51.0 Å². The second kappa shape index (κ2) is 8.06. The molecule has 2 rings (SSSR count). The highest BCUT2D eigenvalue weighted by Gasteiger charge is 2.28. The van der Waals surface area contributed by atoms with Gasteiger partial charge in [0.15, 0.2) is 5.11 Å². The molecule has 0 saturated carbocycles. The number of likely N-dealkylation sites (tertiary alicyclic amines) is 1. The van der Waals surface area contributed by atoms with Crippen LogP contribution in [0.25, 0.3) is 0 Å². The fraction of sp³-hybridized carbons (Fsp3) is 0.471. The number of ether oxygens (including phenoxy) is 1. The molecule has 0 aromatic heterocycles. The zero-order valence-corrected chi connectivity index (χ0v) is 14.3. The molecule has 23 heavy (non-hydrogen) atoms. The molecule has 5 nitrogen and oxygen atoms in total. The molecule has 0 spiro atoms. The molecular formula is C17H22N2O3S. The van der Waals surface area contributed by atoms with Gasteiger partial charge in [-0.2, -0.15) is 0 Å². The van der Waals surface area contributed by atoms with E-state index in [1.165, 1.54) is 0 Å². The van der Waals surface area contributed by atoms with Crippen LogP contribution in [0.1, 0.15) is 35.7 Å². The molecule has 0 bridgehead atoms. The van der Waals surface area contributed by atoms with Gasteiger partial charge in [0.2, 0.25) is 0 Å². The maximum atomic E-state index is 12.2. The van der Waals surface area contributed by atoms with Gasteiger partial charge >= 0.3 is 5.97 Å². The van der Waals surface area contributed by atoms with Crippen LogP contribution < -0.4 is 5.32 Å². The van der Waals surface area contributed by atoms with Crippen LogP contribution in [0.15, 0.2) is 24.3 Å². The van der Waals surface area contributed by atoms with Crippen LogP contribution in [-0.4, -0.2) is 41.6 Å². The third kappa shape index (κ3) is 4.76. The first-order valence-corrected chi connectivity index (χ1v) is 8.25. The van der Waals surface area contributed by atoms with Gasteiger partial charge in [0.25, 0.3) is 5.91 Å². The zero-order chi connectivity index (χ0) is 16.8. The first-order chi connectivity index (χ1) is 11.0. The van der Waals surface area contributed by atoms with Crippen molar-refractivity contribution >= 4 is 29.2 Å². The van der Waals surface area contributed by atoms with Crippen molar-refractivity contribution in [1.82, 2.24) is 10.2 Å². The smallest absolute Gasteiger partial charge is 0.310 e. The SMILES string of the molecule is CCOC(=O)C1CCCN(C(=S)NC(=O)c2ccc(C)cc2)C1. The number of piperidine rings is 1. The number of hydrogen-bond acceptors (Lipinski definition) is 4. The lowest BCUT2D eigenvalue weighted by molar-refractivity contribution is -0.149. The average molecular weight is 334 g/mol. The van der Waals surface area contributed by atoms with Gasteiger partial charge in [0.05, 0.1) is 12.5 Å². The summed E-state index contributed by atoms with van der Waals surface area (Å²) in [4.78, 5) is 25.9. The van der Waals surface area contributed by atoms with Gasteiger partial charge in [-0.1, -0.05) is 17.7 Å². The second-order valence-electron chi connectivity index (χ2n) is 5.66. The number of carbonyl (C=O) groups excluding carboxylic acids is 2. The number of esters is 1. The second-order valence-corrected chi connectivity index (χ2v) is 6.05. The predicted octanol–water partition coefficient (Wildman–Crippen LogP) is 2.28. The lowest BCUT2D eigenvalue weighted by Gasteiger charge is -2.33. The third-order valence-corrected chi connectivity index (χ3v) is 4.22. The van der Waals surface area contributed by atoms with Gasteiger partial charge in [0.1, 0.15) is 0 Å². The fourth-order valence-corrected chi connectivity index (χ4v) is 2.83. The summed E-state index contributed by atoms with van der Waals surface area (Å²) in [5.41, 5.74) is 1.66. The minimum Gasteiger partial charge on any atom is -0.466 e. The van der Waals surface area contributed by atoms with Crippen LogP contribution in [0.5, 0.6) is 0 Å². The maximum Gasteiger partial charge on any atom is 0.310 e. The average Bonchev–Trinajstić information content (AvgIpc) is 2.55. The van der Waals surface area contributed by atoms with E-state index in [0.29, 0.717) is 23.8 Å². The predicted molar refractivity (Wildman–Crippen MR) is 92.2 cm³/mol. The Bertz CT molecular complexity index is 586. The number of thiocarbonyl (C=S) groups is 1. The van der Waals surface area contributed by atoms with Crippen LogP contribution in [0, 0.1) is 12.8 Å². The van der Waals surface area contributed by atoms with Gasteiger partial charge in [-0.3, -0.25) is 14.9 Å². The molecule has 1 saturated heterocycles. The summed E-state index contributed by atoms with van der Waals surface area (Å²) in [6.45, 7) is 5.37. The largest absolute Gasteiger partial charge is 0.466 e. The van der Waals surface area contributed by atoms with Gasteiger partial charge < -0.3 is 9.64 Å². The molecule has 1 aliphatic heterocycles. The zero-order valence-electron chi connectivity index (χ0n) is 13.5. The molecular weight excluding hydrogens is 312 g/mol. The number of carbonyl (C=O) groups is 2. The minimum absolute atomic E-state index is 0.182. The Morgan fingerprint density at radius 3 is 2.70 bits per heavy atom. The summed E-state index contributed by atoms with van der Waals surface area (Å²) >= 11 is 5.32. The van der Waals surface area contributed by atoms with Crippen molar-refractivity contribution < 1.29 is 14.3 Å². The Balaban J connectivity index is 1.93. The van der Waals surface area contributed by atoms with Gasteiger partial charge in [-0.25, -0.2) is 0 Å². The molecule has 6 heteroatoms. The number of nitrogens with zero attached hydrogens (tertiary/aromatic N) is 1. The normalized spacial score (nSPS) is 17.5. The van der Waals surface area contributed by atoms with Gasteiger partial charge in [0, 0.05) is 18.7 Å². The molecule has 0 radical (unpaired) electrons. The fourth-order valence-electron chi connectivity index (χ4n) is 2.57. The Morgan fingerprint density at radius 2 is 2.04 bits per heavy atom. The van der Waals surface area contributed by atoms with Crippen molar-refractivity contribution in [1.29, 1.82) is 0 Å². The van der Waals surface area contributed by atoms with E-state index in [0.717, 1.165) is 24.9 Å². The Hall–Kier alpha value is -1.95. The summed E-state index contributed by atoms with van der Waals surface area (Å²) < 4.78 is 5.07. The molecule has 1 aromatic rings. The van der Waals surface area contributed by atoms with Crippen LogP contribution in [0.3, 0.4) is 0 Å². The Morgan fingerprint density at radius 1 is 1.35 bits per heavy atom. The molecule has 1 fully saturated rings. The highest BCUT2D eigenvalue weighted by atomic mass is 32.1. The number of amides is 1. The topological polar surface area (TPSA) is 58.6 Å². The van der Waals surface area contributed by atoms with E-state index in [4.69, 9.17) is 17.0 Å². The number of nitrogens with one attached hydrogen (secondary N) is 1. The molecule has 1 aliphatic rings. The van der Waals surface area contributed by atoms with Crippen LogP contribution in [0.4, 0.5) is 0 Å². The highest BCUT2D eigenvalue weighted by Crippen LogP contribution is 2.18. The Labute approximate surface area is 142 Å². The molecule has 1 heterocycles. The number of hydrogen-bond donors (Lipinski definition) is 1. The summed E-state index contributed by atoms with van der Waals surface area (Å²) in [6.07, 6.45) is 1.65. The molecule has 1 N–H and O–H groups in total. The summed E-state index contributed by atoms with van der Waals surface area (Å²) in [5.74, 6) is -0.601. The first kappa shape index (κ1) is 17.4. The number of aryl methyl sites for hydroxylation is 1. The lowest BCUT2D eigenvalue weighted by Crippen LogP contribution is -2.48. The monoisotopic (exact) mass is 334 g/mol. The van der Waals surface area contributed by atoms with E-state index in [2.05, 4.69) is 5.32 Å². The molecule has 0 aliphatic carbocycles.